The first-order valence-corrected chi connectivity index (χ1v) is 9.75. The molecule has 0 amide bonds. The highest BCUT2D eigenvalue weighted by Gasteiger charge is 2.17. The Hall–Kier alpha value is -3.30. The molecule has 0 saturated carbocycles. The molecule has 0 aliphatic heterocycles. The van der Waals surface area contributed by atoms with Crippen molar-refractivity contribution in [3.05, 3.63) is 64.5 Å². The van der Waals surface area contributed by atoms with Crippen molar-refractivity contribution >= 4 is 17.2 Å². The lowest BCUT2D eigenvalue weighted by Crippen LogP contribution is -2.25. The van der Waals surface area contributed by atoms with Crippen LogP contribution < -0.4 is 5.32 Å². The average molecular weight is 411 g/mol. The van der Waals surface area contributed by atoms with Gasteiger partial charge in [0.1, 0.15) is 5.82 Å². The number of non-ortho nitro benzene ring substituents is 1. The third kappa shape index (κ3) is 5.19. The van der Waals surface area contributed by atoms with E-state index in [4.69, 9.17) is 9.47 Å². The number of nitro benzene ring substituents is 1. The van der Waals surface area contributed by atoms with E-state index in [1.54, 1.807) is 23.1 Å². The zero-order chi connectivity index (χ0) is 21.5. The lowest BCUT2D eigenvalue weighted by molar-refractivity contribution is -0.384. The summed E-state index contributed by atoms with van der Waals surface area (Å²) in [5.41, 5.74) is 3.11. The molecule has 3 aromatic rings. The molecule has 1 aromatic carbocycles. The van der Waals surface area contributed by atoms with Crippen LogP contribution in [0.1, 0.15) is 19.4 Å². The summed E-state index contributed by atoms with van der Waals surface area (Å²) in [5, 5.41) is 19.2. The number of benzene rings is 1. The van der Waals surface area contributed by atoms with Crippen LogP contribution in [0.25, 0.3) is 11.3 Å². The molecule has 0 unspecified atom stereocenters. The molecule has 158 valence electrons. The van der Waals surface area contributed by atoms with Crippen molar-refractivity contribution in [2.75, 3.05) is 18.5 Å². The molecule has 0 fully saturated rings. The lowest BCUT2D eigenvalue weighted by Gasteiger charge is -2.19. The molecule has 9 heteroatoms. The maximum absolute atomic E-state index is 11.2. The van der Waals surface area contributed by atoms with Gasteiger partial charge in [-0.3, -0.25) is 15.1 Å². The normalized spacial score (nSPS) is 11.1. The van der Waals surface area contributed by atoms with Crippen LogP contribution in [0.5, 0.6) is 0 Å². The van der Waals surface area contributed by atoms with Crippen molar-refractivity contribution in [2.45, 2.75) is 33.6 Å². The maximum Gasteiger partial charge on any atom is 0.271 e. The number of ether oxygens (including phenoxy) is 2. The Bertz CT molecular complexity index is 984. The van der Waals surface area contributed by atoms with Crippen molar-refractivity contribution in [1.82, 2.24) is 14.8 Å². The molecule has 0 spiro atoms. The molecule has 2 aromatic heterocycles. The maximum atomic E-state index is 11.2. The number of hydrogen-bond donors (Lipinski definition) is 1. The average Bonchev–Trinajstić information content (AvgIpc) is 3.13. The molecule has 9 nitrogen and oxygen atoms in total. The van der Waals surface area contributed by atoms with Crippen molar-refractivity contribution in [2.24, 2.45) is 0 Å². The van der Waals surface area contributed by atoms with Crippen molar-refractivity contribution in [1.29, 1.82) is 0 Å². The van der Waals surface area contributed by atoms with Crippen LogP contribution in [0, 0.1) is 17.0 Å². The van der Waals surface area contributed by atoms with Crippen molar-refractivity contribution in [3.63, 3.8) is 0 Å². The number of nitrogens with one attached hydrogen (secondary N) is 1. The summed E-state index contributed by atoms with van der Waals surface area (Å²) in [7, 11) is 0. The zero-order valence-corrected chi connectivity index (χ0v) is 17.2. The van der Waals surface area contributed by atoms with Gasteiger partial charge in [0.15, 0.2) is 6.29 Å². The number of nitrogens with zero attached hydrogens (tertiary/aromatic N) is 4. The summed E-state index contributed by atoms with van der Waals surface area (Å²) in [6.45, 7) is 7.07. The quantitative estimate of drug-likeness (QED) is 0.301. The molecule has 0 saturated heterocycles. The first-order chi connectivity index (χ1) is 14.5. The molecule has 1 N–H and O–H groups in total. The largest absolute Gasteiger partial charge is 0.351 e. The fraction of sp³-hybridized carbons (Fsp3) is 0.333. The Kier molecular flexibility index (Phi) is 7.10. The van der Waals surface area contributed by atoms with Crippen LogP contribution in [-0.4, -0.2) is 39.2 Å². The molecule has 0 bridgehead atoms. The van der Waals surface area contributed by atoms with Crippen molar-refractivity contribution < 1.29 is 14.4 Å². The molecule has 2 heterocycles. The number of anilines is 2. The van der Waals surface area contributed by atoms with Gasteiger partial charge in [-0.2, -0.15) is 5.10 Å². The van der Waals surface area contributed by atoms with Crippen LogP contribution in [0.3, 0.4) is 0 Å². The van der Waals surface area contributed by atoms with Crippen LogP contribution in [0.2, 0.25) is 0 Å². The van der Waals surface area contributed by atoms with E-state index in [0.717, 1.165) is 16.8 Å². The molecular formula is C21H25N5O4. The third-order valence-electron chi connectivity index (χ3n) is 4.46. The van der Waals surface area contributed by atoms with Crippen molar-refractivity contribution in [3.8, 4) is 11.3 Å². The summed E-state index contributed by atoms with van der Waals surface area (Å²) >= 11 is 0. The second-order valence-electron chi connectivity index (χ2n) is 6.56. The summed E-state index contributed by atoms with van der Waals surface area (Å²) < 4.78 is 13.1. The fourth-order valence-electron chi connectivity index (χ4n) is 2.97. The summed E-state index contributed by atoms with van der Waals surface area (Å²) in [6, 6.07) is 10.4. The van der Waals surface area contributed by atoms with Gasteiger partial charge in [-0.25, -0.2) is 4.68 Å². The van der Waals surface area contributed by atoms with E-state index in [1.807, 2.05) is 39.0 Å². The number of aromatic nitrogens is 3. The highest BCUT2D eigenvalue weighted by molar-refractivity contribution is 5.68. The van der Waals surface area contributed by atoms with Gasteiger partial charge in [0.2, 0.25) is 0 Å². The second-order valence-corrected chi connectivity index (χ2v) is 6.56. The number of hydrogen-bond acceptors (Lipinski definition) is 7. The first-order valence-electron chi connectivity index (χ1n) is 9.75. The Morgan fingerprint density at radius 1 is 1.20 bits per heavy atom. The molecule has 0 aliphatic rings. The Morgan fingerprint density at radius 3 is 2.60 bits per heavy atom. The predicted molar refractivity (Wildman–Crippen MR) is 114 cm³/mol. The van der Waals surface area contributed by atoms with Gasteiger partial charge in [0, 0.05) is 55.1 Å². The van der Waals surface area contributed by atoms with Crippen LogP contribution >= 0.6 is 0 Å². The van der Waals surface area contributed by atoms with E-state index in [2.05, 4.69) is 15.4 Å². The van der Waals surface area contributed by atoms with Gasteiger partial charge >= 0.3 is 0 Å². The molecule has 0 aliphatic carbocycles. The van der Waals surface area contributed by atoms with E-state index in [1.165, 1.54) is 12.1 Å². The molecule has 0 radical (unpaired) electrons. The zero-order valence-electron chi connectivity index (χ0n) is 17.2. The molecule has 0 atom stereocenters. The molecule has 30 heavy (non-hydrogen) atoms. The monoisotopic (exact) mass is 411 g/mol. The lowest BCUT2D eigenvalue weighted by atomic mass is 10.1. The summed E-state index contributed by atoms with van der Waals surface area (Å²) in [5.74, 6) is 0.668. The summed E-state index contributed by atoms with van der Waals surface area (Å²) in [4.78, 5) is 14.9. The SMILES string of the molecule is CCOC(Cn1nc(-c2cccnc2)cc1Nc1cc([N+](=O)[O-])ccc1C)OCC. The number of pyridine rings is 1. The van der Waals surface area contributed by atoms with Gasteiger partial charge < -0.3 is 14.8 Å². The topological polar surface area (TPSA) is 104 Å². The number of aryl methyl sites for hydroxylation is 1. The summed E-state index contributed by atoms with van der Waals surface area (Å²) in [6.07, 6.45) is 2.97. The second kappa shape index (κ2) is 9.95. The predicted octanol–water partition coefficient (Wildman–Crippen LogP) is 4.30. The number of rotatable bonds is 10. The standard InChI is InChI=1S/C21H25N5O4/c1-4-29-21(30-5-2)14-25-20(12-19(24-25)16-7-6-10-22-13-16)23-18-11-17(26(27)28)9-8-15(18)3/h6-13,21,23H,4-5,14H2,1-3H3. The van der Waals surface area contributed by atoms with E-state index in [-0.39, 0.29) is 5.69 Å². The minimum atomic E-state index is -0.464. The highest BCUT2D eigenvalue weighted by atomic mass is 16.7. The van der Waals surface area contributed by atoms with Gasteiger partial charge in [-0.1, -0.05) is 6.07 Å². The third-order valence-corrected chi connectivity index (χ3v) is 4.46. The van der Waals surface area contributed by atoms with Gasteiger partial charge in [0.05, 0.1) is 17.2 Å². The molecular weight excluding hydrogens is 386 g/mol. The number of nitro groups is 1. The van der Waals surface area contributed by atoms with Gasteiger partial charge in [-0.05, 0) is 38.5 Å². The van der Waals surface area contributed by atoms with E-state index >= 15 is 0 Å². The smallest absolute Gasteiger partial charge is 0.271 e. The fourth-order valence-corrected chi connectivity index (χ4v) is 2.97. The van der Waals surface area contributed by atoms with E-state index in [9.17, 15) is 10.1 Å². The first kappa shape index (κ1) is 21.4. The highest BCUT2D eigenvalue weighted by Crippen LogP contribution is 2.28. The Balaban J connectivity index is 1.98. The Morgan fingerprint density at radius 2 is 1.97 bits per heavy atom. The molecule has 3 rings (SSSR count). The van der Waals surface area contributed by atoms with Crippen LogP contribution in [-0.2, 0) is 16.0 Å². The Labute approximate surface area is 174 Å². The van der Waals surface area contributed by atoms with Gasteiger partial charge in [-0.15, -0.1) is 0 Å². The van der Waals surface area contributed by atoms with Gasteiger partial charge in [0.25, 0.3) is 5.69 Å². The van der Waals surface area contributed by atoms with E-state index < -0.39 is 11.2 Å². The van der Waals surface area contributed by atoms with E-state index in [0.29, 0.717) is 31.3 Å². The van der Waals surface area contributed by atoms with Crippen LogP contribution in [0.4, 0.5) is 17.2 Å². The minimum Gasteiger partial charge on any atom is -0.351 e. The minimum absolute atomic E-state index is 0.0168. The van der Waals surface area contributed by atoms with Crippen LogP contribution in [0.15, 0.2) is 48.8 Å².